The summed E-state index contributed by atoms with van der Waals surface area (Å²) in [5.74, 6) is 0.280. The van der Waals surface area contributed by atoms with Gasteiger partial charge in [-0.1, -0.05) is 20.3 Å². The number of nitrogens with one attached hydrogen (secondary N) is 1. The maximum atomic E-state index is 12.1. The maximum Gasteiger partial charge on any atom is 0.405 e. The Balaban J connectivity index is 2.59. The third-order valence-corrected chi connectivity index (χ3v) is 3.52. The Kier molecular flexibility index (Phi) is 4.87. The van der Waals surface area contributed by atoms with Crippen LogP contribution in [0.2, 0.25) is 0 Å². The van der Waals surface area contributed by atoms with Gasteiger partial charge in [0, 0.05) is 12.1 Å². The molecule has 106 valence electrons. The highest BCUT2D eigenvalue weighted by Gasteiger charge is 2.38. The SMILES string of the molecule is CC[C@H](C)[C@H](C)N(C(=O)NCC(F)(F)F)C1CC1. The van der Waals surface area contributed by atoms with Crippen LogP contribution in [0.15, 0.2) is 0 Å². The van der Waals surface area contributed by atoms with Crippen molar-refractivity contribution in [1.82, 2.24) is 10.2 Å². The Bertz CT molecular complexity index is 290. The van der Waals surface area contributed by atoms with Crippen LogP contribution in [-0.4, -0.2) is 35.7 Å². The summed E-state index contributed by atoms with van der Waals surface area (Å²) in [6.07, 6.45) is -1.68. The van der Waals surface area contributed by atoms with Crippen molar-refractivity contribution in [2.24, 2.45) is 5.92 Å². The average molecular weight is 266 g/mol. The summed E-state index contributed by atoms with van der Waals surface area (Å²) in [5, 5.41) is 1.97. The van der Waals surface area contributed by atoms with E-state index in [1.807, 2.05) is 26.1 Å². The fraction of sp³-hybridized carbons (Fsp3) is 0.917. The second kappa shape index (κ2) is 5.80. The molecule has 1 aliphatic carbocycles. The second-order valence-corrected chi connectivity index (χ2v) is 5.04. The molecular formula is C12H21F3N2O. The molecule has 0 radical (unpaired) electrons. The zero-order valence-electron chi connectivity index (χ0n) is 11.0. The zero-order valence-corrected chi connectivity index (χ0v) is 11.0. The Morgan fingerprint density at radius 3 is 2.33 bits per heavy atom. The fourth-order valence-electron chi connectivity index (χ4n) is 1.92. The van der Waals surface area contributed by atoms with Crippen LogP contribution in [0.1, 0.15) is 40.0 Å². The molecule has 1 saturated carbocycles. The lowest BCUT2D eigenvalue weighted by atomic mass is 9.99. The fourth-order valence-corrected chi connectivity index (χ4v) is 1.92. The first-order valence-corrected chi connectivity index (χ1v) is 6.39. The van der Waals surface area contributed by atoms with Gasteiger partial charge in [0.25, 0.3) is 0 Å². The van der Waals surface area contributed by atoms with Crippen LogP contribution in [-0.2, 0) is 0 Å². The predicted octanol–water partition coefficient (Wildman–Crippen LogP) is 3.16. The summed E-state index contributed by atoms with van der Waals surface area (Å²) in [5.41, 5.74) is 0. The van der Waals surface area contributed by atoms with Gasteiger partial charge in [0.1, 0.15) is 6.54 Å². The minimum absolute atomic E-state index is 0.0317. The molecule has 6 heteroatoms. The zero-order chi connectivity index (χ0) is 13.9. The minimum atomic E-state index is -4.36. The van der Waals surface area contributed by atoms with Gasteiger partial charge in [-0.15, -0.1) is 0 Å². The van der Waals surface area contributed by atoms with Crippen LogP contribution in [0.5, 0.6) is 0 Å². The van der Waals surface area contributed by atoms with E-state index in [2.05, 4.69) is 0 Å². The van der Waals surface area contributed by atoms with E-state index >= 15 is 0 Å². The first kappa shape index (κ1) is 15.1. The quantitative estimate of drug-likeness (QED) is 0.814. The molecule has 0 unspecified atom stereocenters. The topological polar surface area (TPSA) is 32.3 Å². The summed E-state index contributed by atoms with van der Waals surface area (Å²) < 4.78 is 36.3. The smallest absolute Gasteiger partial charge is 0.329 e. The van der Waals surface area contributed by atoms with Crippen molar-refractivity contribution < 1.29 is 18.0 Å². The number of alkyl halides is 3. The number of hydrogen-bond donors (Lipinski definition) is 1. The van der Waals surface area contributed by atoms with Gasteiger partial charge in [-0.25, -0.2) is 4.79 Å². The van der Waals surface area contributed by atoms with Crippen molar-refractivity contribution in [1.29, 1.82) is 0 Å². The van der Waals surface area contributed by atoms with E-state index in [0.717, 1.165) is 19.3 Å². The first-order valence-electron chi connectivity index (χ1n) is 6.39. The molecule has 0 bridgehead atoms. The number of halogens is 3. The van der Waals surface area contributed by atoms with E-state index in [1.54, 1.807) is 4.90 Å². The standard InChI is InChI=1S/C12H21F3N2O/c1-4-8(2)9(3)17(10-5-6-10)11(18)16-7-12(13,14)15/h8-10H,4-7H2,1-3H3,(H,16,18)/t8-,9-/m0/s1. The number of rotatable bonds is 5. The normalized spacial score (nSPS) is 19.2. The number of carbonyl (C=O) groups is 1. The summed E-state index contributed by atoms with van der Waals surface area (Å²) in [6.45, 7) is 4.67. The van der Waals surface area contributed by atoms with E-state index in [-0.39, 0.29) is 18.0 Å². The highest BCUT2D eigenvalue weighted by molar-refractivity contribution is 5.75. The number of urea groups is 1. The number of amides is 2. The monoisotopic (exact) mass is 266 g/mol. The number of nitrogens with zero attached hydrogens (tertiary/aromatic N) is 1. The van der Waals surface area contributed by atoms with Crippen molar-refractivity contribution in [2.45, 2.75) is 58.3 Å². The molecule has 1 rings (SSSR count). The van der Waals surface area contributed by atoms with E-state index in [0.29, 0.717) is 0 Å². The van der Waals surface area contributed by atoms with E-state index in [9.17, 15) is 18.0 Å². The summed E-state index contributed by atoms with van der Waals surface area (Å²) in [6, 6.07) is -0.513. The van der Waals surface area contributed by atoms with Crippen molar-refractivity contribution in [3.63, 3.8) is 0 Å². The molecular weight excluding hydrogens is 245 g/mol. The molecule has 1 N–H and O–H groups in total. The van der Waals surface area contributed by atoms with Gasteiger partial charge in [0.05, 0.1) is 0 Å². The van der Waals surface area contributed by atoms with E-state index in [1.165, 1.54) is 0 Å². The van der Waals surface area contributed by atoms with Crippen LogP contribution >= 0.6 is 0 Å². The van der Waals surface area contributed by atoms with Gasteiger partial charge in [-0.3, -0.25) is 0 Å². The molecule has 0 saturated heterocycles. The molecule has 0 aliphatic heterocycles. The van der Waals surface area contributed by atoms with Crippen molar-refractivity contribution in [3.8, 4) is 0 Å². The molecule has 1 aliphatic rings. The van der Waals surface area contributed by atoms with Crippen LogP contribution in [0.4, 0.5) is 18.0 Å². The average Bonchev–Trinajstić information content (AvgIpc) is 3.08. The van der Waals surface area contributed by atoms with Crippen LogP contribution in [0, 0.1) is 5.92 Å². The molecule has 0 aromatic rings. The highest BCUT2D eigenvalue weighted by atomic mass is 19.4. The maximum absolute atomic E-state index is 12.1. The highest BCUT2D eigenvalue weighted by Crippen LogP contribution is 2.31. The molecule has 0 spiro atoms. The third-order valence-electron chi connectivity index (χ3n) is 3.52. The predicted molar refractivity (Wildman–Crippen MR) is 63.2 cm³/mol. The van der Waals surface area contributed by atoms with Gasteiger partial charge >= 0.3 is 12.2 Å². The molecule has 0 aromatic heterocycles. The third kappa shape index (κ3) is 4.38. The number of carbonyl (C=O) groups excluding carboxylic acids is 1. The van der Waals surface area contributed by atoms with Gasteiger partial charge in [-0.05, 0) is 25.7 Å². The van der Waals surface area contributed by atoms with Crippen LogP contribution < -0.4 is 5.32 Å². The summed E-state index contributed by atoms with van der Waals surface area (Å²) >= 11 is 0. The van der Waals surface area contributed by atoms with Crippen molar-refractivity contribution in [2.75, 3.05) is 6.54 Å². The number of hydrogen-bond acceptors (Lipinski definition) is 1. The summed E-state index contributed by atoms with van der Waals surface area (Å²) in [4.78, 5) is 13.4. The lowest BCUT2D eigenvalue weighted by Crippen LogP contribution is -2.50. The Hall–Kier alpha value is -0.940. The Labute approximate surface area is 106 Å². The van der Waals surface area contributed by atoms with Crippen LogP contribution in [0.25, 0.3) is 0 Å². The van der Waals surface area contributed by atoms with Crippen molar-refractivity contribution >= 4 is 6.03 Å². The molecule has 2 atom stereocenters. The van der Waals surface area contributed by atoms with Gasteiger partial charge in [0.2, 0.25) is 0 Å². The molecule has 18 heavy (non-hydrogen) atoms. The molecule has 0 aromatic carbocycles. The summed E-state index contributed by atoms with van der Waals surface area (Å²) in [7, 11) is 0. The van der Waals surface area contributed by atoms with Crippen LogP contribution in [0.3, 0.4) is 0 Å². The Morgan fingerprint density at radius 2 is 1.94 bits per heavy atom. The van der Waals surface area contributed by atoms with E-state index < -0.39 is 18.8 Å². The minimum Gasteiger partial charge on any atom is -0.329 e. The molecule has 2 amide bonds. The molecule has 3 nitrogen and oxygen atoms in total. The largest absolute Gasteiger partial charge is 0.405 e. The lowest BCUT2D eigenvalue weighted by molar-refractivity contribution is -0.123. The molecule has 1 fully saturated rings. The van der Waals surface area contributed by atoms with Gasteiger partial charge < -0.3 is 10.2 Å². The van der Waals surface area contributed by atoms with Gasteiger partial charge in [-0.2, -0.15) is 13.2 Å². The van der Waals surface area contributed by atoms with E-state index in [4.69, 9.17) is 0 Å². The molecule has 0 heterocycles. The lowest BCUT2D eigenvalue weighted by Gasteiger charge is -2.33. The van der Waals surface area contributed by atoms with Gasteiger partial charge in [0.15, 0.2) is 0 Å². The Morgan fingerprint density at radius 1 is 1.39 bits per heavy atom. The van der Waals surface area contributed by atoms with Crippen molar-refractivity contribution in [3.05, 3.63) is 0 Å². The second-order valence-electron chi connectivity index (χ2n) is 5.04. The first-order chi connectivity index (χ1) is 8.26.